The summed E-state index contributed by atoms with van der Waals surface area (Å²) in [6, 6.07) is 61.1. The minimum absolute atomic E-state index is 0.588. The van der Waals surface area contributed by atoms with Gasteiger partial charge in [0.05, 0.1) is 50.4 Å². The summed E-state index contributed by atoms with van der Waals surface area (Å²) in [6.07, 6.45) is 3.64. The summed E-state index contributed by atoms with van der Waals surface area (Å²) in [5.74, 6) is 0.588. The number of nitrogens with zero attached hydrogens (tertiary/aromatic N) is 7. The second-order valence-electron chi connectivity index (χ2n) is 14.6. The van der Waals surface area contributed by atoms with Crippen molar-refractivity contribution < 1.29 is 0 Å². The van der Waals surface area contributed by atoms with Crippen molar-refractivity contribution in [1.29, 1.82) is 0 Å². The highest BCUT2D eigenvalue weighted by Crippen LogP contribution is 2.38. The number of hydrogen-bond acceptors (Lipinski definition) is 5. The molecule has 0 saturated carbocycles. The van der Waals surface area contributed by atoms with E-state index in [0.29, 0.717) is 5.95 Å². The summed E-state index contributed by atoms with van der Waals surface area (Å²) in [4.78, 5) is 25.2. The lowest BCUT2D eigenvalue weighted by Gasteiger charge is -2.13. The Morgan fingerprint density at radius 2 is 0.828 bits per heavy atom. The van der Waals surface area contributed by atoms with Crippen molar-refractivity contribution >= 4 is 60.2 Å². The van der Waals surface area contributed by atoms with Crippen molar-refractivity contribution in [3.63, 3.8) is 0 Å². The summed E-state index contributed by atoms with van der Waals surface area (Å²) < 4.78 is 4.52. The topological polar surface area (TPSA) is 73.8 Å². The average molecular weight is 742 g/mol. The number of pyridine rings is 3. The summed E-state index contributed by atoms with van der Waals surface area (Å²) >= 11 is 0. The van der Waals surface area contributed by atoms with Crippen LogP contribution in [0.25, 0.3) is 111 Å². The van der Waals surface area contributed by atoms with Gasteiger partial charge in [0.15, 0.2) is 0 Å². The Kier molecular flexibility index (Phi) is 7.09. The van der Waals surface area contributed by atoms with Gasteiger partial charge in [0.25, 0.3) is 0 Å². The maximum absolute atomic E-state index is 5.36. The Bertz CT molecular complexity index is 3430. The number of benzene rings is 6. The predicted octanol–water partition coefficient (Wildman–Crippen LogP) is 12.1. The molecular formula is C51H31N7. The van der Waals surface area contributed by atoms with Gasteiger partial charge in [-0.1, -0.05) is 121 Å². The SMILES string of the molecule is c1ccc(-c2ccc(-c3cc(-c4ccc(-c5ccccn5)cc4)nc(-n4c5ccccc5c5cc6nc7c8ccccc8c8ccccc8n7c6cc54)n3)cc2)nc1. The molecule has 0 radical (unpaired) electrons. The second-order valence-corrected chi connectivity index (χ2v) is 14.6. The molecule has 270 valence electrons. The van der Waals surface area contributed by atoms with Gasteiger partial charge in [-0.15, -0.1) is 0 Å². The molecule has 7 heteroatoms. The normalized spacial score (nSPS) is 11.8. The quantitative estimate of drug-likeness (QED) is 0.164. The molecule has 6 aromatic carbocycles. The molecule has 0 spiro atoms. The molecule has 0 aliphatic rings. The number of fused-ring (bicyclic) bond motifs is 11. The highest BCUT2D eigenvalue weighted by atomic mass is 15.2. The van der Waals surface area contributed by atoms with Gasteiger partial charge in [0, 0.05) is 56.2 Å². The molecule has 0 unspecified atom stereocenters. The molecule has 12 aromatic rings. The molecule has 0 fully saturated rings. The van der Waals surface area contributed by atoms with E-state index in [2.05, 4.69) is 158 Å². The molecule has 0 saturated heterocycles. The van der Waals surface area contributed by atoms with Crippen LogP contribution in [0.3, 0.4) is 0 Å². The van der Waals surface area contributed by atoms with Crippen molar-refractivity contribution in [3.8, 4) is 51.0 Å². The van der Waals surface area contributed by atoms with Crippen LogP contribution in [0.4, 0.5) is 0 Å². The van der Waals surface area contributed by atoms with Gasteiger partial charge < -0.3 is 0 Å². The van der Waals surface area contributed by atoms with E-state index in [0.717, 1.165) is 94.4 Å². The van der Waals surface area contributed by atoms with E-state index < -0.39 is 0 Å². The van der Waals surface area contributed by atoms with Gasteiger partial charge in [0.1, 0.15) is 5.65 Å². The summed E-state index contributed by atoms with van der Waals surface area (Å²) in [7, 11) is 0. The second kappa shape index (κ2) is 12.8. The van der Waals surface area contributed by atoms with Crippen molar-refractivity contribution in [3.05, 3.63) is 188 Å². The fraction of sp³-hybridized carbons (Fsp3) is 0. The fourth-order valence-electron chi connectivity index (χ4n) is 8.51. The van der Waals surface area contributed by atoms with Crippen LogP contribution in [-0.2, 0) is 0 Å². The highest BCUT2D eigenvalue weighted by Gasteiger charge is 2.21. The third kappa shape index (κ3) is 5.04. The fourth-order valence-corrected chi connectivity index (χ4v) is 8.51. The standard InChI is InChI=1S/C51H31N7/c1-2-14-39-36(11-1)37-12-3-5-17-46(37)57-49-31-48-40(29-45(49)54-50(39)57)38-13-4-6-18-47(38)58(48)51-55-43(34-23-19-32(20-24-34)41-15-7-9-27-52-41)30-44(56-51)35-25-21-33(22-26-35)42-16-8-10-28-53-42/h1-31H. The van der Waals surface area contributed by atoms with E-state index in [4.69, 9.17) is 15.0 Å². The van der Waals surface area contributed by atoms with Crippen molar-refractivity contribution in [2.45, 2.75) is 0 Å². The van der Waals surface area contributed by atoms with Gasteiger partial charge in [-0.3, -0.25) is 18.9 Å². The monoisotopic (exact) mass is 741 g/mol. The molecule has 0 atom stereocenters. The van der Waals surface area contributed by atoms with E-state index in [1.54, 1.807) is 0 Å². The zero-order valence-corrected chi connectivity index (χ0v) is 31.0. The average Bonchev–Trinajstić information content (AvgIpc) is 3.84. The van der Waals surface area contributed by atoms with E-state index in [-0.39, 0.29) is 0 Å². The molecular weight excluding hydrogens is 711 g/mol. The maximum atomic E-state index is 5.36. The van der Waals surface area contributed by atoms with Gasteiger partial charge in [-0.25, -0.2) is 15.0 Å². The summed E-state index contributed by atoms with van der Waals surface area (Å²) in [5, 5.41) is 5.71. The van der Waals surface area contributed by atoms with Crippen molar-refractivity contribution in [1.82, 2.24) is 33.9 Å². The minimum atomic E-state index is 0.588. The number of aromatic nitrogens is 7. The van der Waals surface area contributed by atoms with Gasteiger partial charge in [0.2, 0.25) is 5.95 Å². The first-order valence-electron chi connectivity index (χ1n) is 19.3. The molecule has 0 bridgehead atoms. The lowest BCUT2D eigenvalue weighted by molar-refractivity contribution is 0.996. The van der Waals surface area contributed by atoms with Crippen LogP contribution in [0, 0.1) is 0 Å². The zero-order chi connectivity index (χ0) is 38.2. The van der Waals surface area contributed by atoms with E-state index in [1.807, 2.05) is 48.8 Å². The molecule has 58 heavy (non-hydrogen) atoms. The smallest absolute Gasteiger partial charge is 0.235 e. The Hall–Kier alpha value is -8.03. The lowest BCUT2D eigenvalue weighted by atomic mass is 10.0. The van der Waals surface area contributed by atoms with E-state index >= 15 is 0 Å². The number of para-hydroxylation sites is 2. The third-order valence-electron chi connectivity index (χ3n) is 11.2. The van der Waals surface area contributed by atoms with Crippen LogP contribution in [0.5, 0.6) is 0 Å². The number of hydrogen-bond donors (Lipinski definition) is 0. The van der Waals surface area contributed by atoms with Crippen LogP contribution in [0.2, 0.25) is 0 Å². The van der Waals surface area contributed by atoms with Gasteiger partial charge >= 0.3 is 0 Å². The van der Waals surface area contributed by atoms with Crippen molar-refractivity contribution in [2.24, 2.45) is 0 Å². The van der Waals surface area contributed by atoms with E-state index in [1.165, 1.54) is 10.8 Å². The lowest BCUT2D eigenvalue weighted by Crippen LogP contribution is -2.04. The first-order chi connectivity index (χ1) is 28.7. The first kappa shape index (κ1) is 32.2. The Morgan fingerprint density at radius 3 is 1.41 bits per heavy atom. The van der Waals surface area contributed by atoms with Crippen LogP contribution in [-0.4, -0.2) is 33.9 Å². The minimum Gasteiger partial charge on any atom is -0.292 e. The highest BCUT2D eigenvalue weighted by molar-refractivity contribution is 6.17. The molecule has 0 aliphatic heterocycles. The molecule has 6 heterocycles. The Balaban J connectivity index is 1.11. The summed E-state index contributed by atoms with van der Waals surface area (Å²) in [5.41, 5.74) is 13.6. The first-order valence-corrected chi connectivity index (χ1v) is 19.3. The molecule has 12 rings (SSSR count). The molecule has 0 amide bonds. The van der Waals surface area contributed by atoms with Gasteiger partial charge in [-0.2, -0.15) is 0 Å². The Morgan fingerprint density at radius 1 is 0.328 bits per heavy atom. The Labute approximate surface area is 332 Å². The van der Waals surface area contributed by atoms with Crippen LogP contribution in [0.15, 0.2) is 188 Å². The van der Waals surface area contributed by atoms with Crippen LogP contribution >= 0.6 is 0 Å². The molecule has 7 nitrogen and oxygen atoms in total. The molecule has 6 aromatic heterocycles. The number of rotatable bonds is 5. The summed E-state index contributed by atoms with van der Waals surface area (Å²) in [6.45, 7) is 0. The van der Waals surface area contributed by atoms with Gasteiger partial charge in [-0.05, 0) is 60.0 Å². The third-order valence-corrected chi connectivity index (χ3v) is 11.2. The van der Waals surface area contributed by atoms with E-state index in [9.17, 15) is 0 Å². The largest absolute Gasteiger partial charge is 0.292 e. The molecule has 0 N–H and O–H groups in total. The van der Waals surface area contributed by atoms with Crippen LogP contribution < -0.4 is 0 Å². The molecule has 0 aliphatic carbocycles. The van der Waals surface area contributed by atoms with Crippen molar-refractivity contribution in [2.75, 3.05) is 0 Å². The number of imidazole rings is 1. The maximum Gasteiger partial charge on any atom is 0.235 e. The zero-order valence-electron chi connectivity index (χ0n) is 31.0. The predicted molar refractivity (Wildman–Crippen MR) is 235 cm³/mol. The van der Waals surface area contributed by atoms with Crippen LogP contribution in [0.1, 0.15) is 0 Å².